The Bertz CT molecular complexity index is 978. The van der Waals surface area contributed by atoms with E-state index in [1.165, 1.54) is 7.11 Å². The zero-order valence-corrected chi connectivity index (χ0v) is 26.3. The summed E-state index contributed by atoms with van der Waals surface area (Å²) in [5, 5.41) is 23.8. The second-order valence-electron chi connectivity index (χ2n) is 9.79. The van der Waals surface area contributed by atoms with Crippen LogP contribution in [0.15, 0.2) is 72.9 Å². The van der Waals surface area contributed by atoms with Gasteiger partial charge in [-0.2, -0.15) is 0 Å². The summed E-state index contributed by atoms with van der Waals surface area (Å²) in [6.07, 6.45) is 29.8. The van der Waals surface area contributed by atoms with Gasteiger partial charge in [0.15, 0.2) is 0 Å². The standard InChI is InChI=1S/C34H52N2O8/c1-3-4-5-6-7-8-9-10-11-12-13-14-15-16-17-18-19-23-32(40)36-30(34(42)44-29(27-37)28-38)22-20-21-26-35-31(39)24-25-33(41)43-2/h4-5,7-8,10-11,13-14,16-17,24-25,29-30,37-38H,3,6,9,12,15,18-23,26-28H2,1-2H3,(H,35,39)(H,36,40)/b5-4-,8-7-,11-10-,14-13-,17-16-,25-24+. The van der Waals surface area contributed by atoms with E-state index < -0.39 is 43.2 Å². The summed E-state index contributed by atoms with van der Waals surface area (Å²) >= 11 is 0. The maximum atomic E-state index is 12.6. The van der Waals surface area contributed by atoms with Crippen molar-refractivity contribution < 1.29 is 38.9 Å². The highest BCUT2D eigenvalue weighted by Gasteiger charge is 2.24. The minimum atomic E-state index is -1.07. The van der Waals surface area contributed by atoms with Crippen LogP contribution in [0, 0.1) is 0 Å². The Balaban J connectivity index is 4.41. The number of aliphatic hydroxyl groups excluding tert-OH is 2. The van der Waals surface area contributed by atoms with Crippen molar-refractivity contribution in [3.05, 3.63) is 72.9 Å². The van der Waals surface area contributed by atoms with Gasteiger partial charge in [0.1, 0.15) is 12.1 Å². The van der Waals surface area contributed by atoms with Crippen molar-refractivity contribution >= 4 is 23.8 Å². The van der Waals surface area contributed by atoms with Crippen LogP contribution in [0.1, 0.15) is 77.6 Å². The van der Waals surface area contributed by atoms with Gasteiger partial charge in [-0.1, -0.05) is 67.7 Å². The van der Waals surface area contributed by atoms with Gasteiger partial charge in [-0.05, 0) is 64.2 Å². The van der Waals surface area contributed by atoms with Gasteiger partial charge >= 0.3 is 11.9 Å². The summed E-state index contributed by atoms with van der Waals surface area (Å²) in [5.41, 5.74) is 0. The highest BCUT2D eigenvalue weighted by atomic mass is 16.6. The molecule has 0 aromatic heterocycles. The van der Waals surface area contributed by atoms with Crippen LogP contribution in [0.3, 0.4) is 0 Å². The minimum Gasteiger partial charge on any atom is -0.466 e. The first-order valence-corrected chi connectivity index (χ1v) is 15.4. The Morgan fingerprint density at radius 2 is 1.32 bits per heavy atom. The number of esters is 2. The number of unbranched alkanes of at least 4 members (excludes halogenated alkanes) is 2. The van der Waals surface area contributed by atoms with Gasteiger partial charge in [0.2, 0.25) is 11.8 Å². The van der Waals surface area contributed by atoms with Gasteiger partial charge in [-0.25, -0.2) is 9.59 Å². The highest BCUT2D eigenvalue weighted by molar-refractivity contribution is 5.94. The molecule has 0 saturated carbocycles. The fourth-order valence-corrected chi connectivity index (χ4v) is 3.60. The third kappa shape index (κ3) is 24.8. The number of nitrogens with one attached hydrogen (secondary N) is 2. The molecule has 0 radical (unpaired) electrons. The maximum absolute atomic E-state index is 12.6. The van der Waals surface area contributed by atoms with Gasteiger partial charge in [-0.3, -0.25) is 9.59 Å². The van der Waals surface area contributed by atoms with Gasteiger partial charge in [0, 0.05) is 25.1 Å². The quantitative estimate of drug-likeness (QED) is 0.0513. The summed E-state index contributed by atoms with van der Waals surface area (Å²) in [7, 11) is 1.21. The van der Waals surface area contributed by atoms with E-state index in [2.05, 4.69) is 77.0 Å². The van der Waals surface area contributed by atoms with Crippen molar-refractivity contribution in [1.82, 2.24) is 10.6 Å². The summed E-state index contributed by atoms with van der Waals surface area (Å²) in [5.74, 6) is -2.14. The molecule has 0 bridgehead atoms. The van der Waals surface area contributed by atoms with Crippen molar-refractivity contribution in [2.24, 2.45) is 0 Å². The molecule has 0 aliphatic carbocycles. The Kier molecular flexibility index (Phi) is 26.8. The first-order chi connectivity index (χ1) is 21.4. The molecular weight excluding hydrogens is 564 g/mol. The normalized spacial score (nSPS) is 12.8. The molecule has 0 aromatic carbocycles. The SMILES string of the molecule is CC/C=C\C/C=C\C/C=C\C/C=C\C/C=C\CCCC(=O)NC(CCCCNC(=O)/C=C/C(=O)OC)C(=O)OC(CO)CO. The molecule has 10 nitrogen and oxygen atoms in total. The van der Waals surface area contributed by atoms with Gasteiger partial charge in [0.25, 0.3) is 0 Å². The molecule has 10 heteroatoms. The number of hydrogen-bond acceptors (Lipinski definition) is 8. The average Bonchev–Trinajstić information content (AvgIpc) is 3.02. The summed E-state index contributed by atoms with van der Waals surface area (Å²) < 4.78 is 9.53. The van der Waals surface area contributed by atoms with Gasteiger partial charge < -0.3 is 30.3 Å². The Labute approximate surface area is 262 Å². The third-order valence-electron chi connectivity index (χ3n) is 6.03. The summed E-state index contributed by atoms with van der Waals surface area (Å²) in [4.78, 5) is 47.8. The smallest absolute Gasteiger partial charge is 0.330 e. The molecule has 0 rings (SSSR count). The first kappa shape index (κ1) is 40.2. The fraction of sp³-hybridized carbons (Fsp3) is 0.529. The molecule has 0 aliphatic rings. The zero-order chi connectivity index (χ0) is 32.7. The number of carbonyl (C=O) groups is 4. The number of carbonyl (C=O) groups excluding carboxylic acids is 4. The maximum Gasteiger partial charge on any atom is 0.330 e. The third-order valence-corrected chi connectivity index (χ3v) is 6.03. The molecule has 44 heavy (non-hydrogen) atoms. The van der Waals surface area contributed by atoms with Crippen LogP contribution in [-0.4, -0.2) is 73.0 Å². The number of methoxy groups -OCH3 is 1. The van der Waals surface area contributed by atoms with Crippen LogP contribution in [0.4, 0.5) is 0 Å². The topological polar surface area (TPSA) is 151 Å². The van der Waals surface area contributed by atoms with Crippen LogP contribution in [0.2, 0.25) is 0 Å². The van der Waals surface area contributed by atoms with Crippen molar-refractivity contribution in [3.63, 3.8) is 0 Å². The number of hydrogen-bond donors (Lipinski definition) is 4. The van der Waals surface area contributed by atoms with E-state index in [4.69, 9.17) is 4.74 Å². The van der Waals surface area contributed by atoms with E-state index >= 15 is 0 Å². The number of rotatable bonds is 25. The molecule has 2 amide bonds. The van der Waals surface area contributed by atoms with Gasteiger partial charge in [0.05, 0.1) is 20.3 Å². The van der Waals surface area contributed by atoms with E-state index in [1.54, 1.807) is 0 Å². The molecule has 0 saturated heterocycles. The lowest BCUT2D eigenvalue weighted by molar-refractivity contribution is -0.157. The highest BCUT2D eigenvalue weighted by Crippen LogP contribution is 2.07. The number of aliphatic hydroxyl groups is 2. The van der Waals surface area contributed by atoms with Crippen molar-refractivity contribution in [3.8, 4) is 0 Å². The van der Waals surface area contributed by atoms with E-state index in [1.807, 2.05) is 6.08 Å². The largest absolute Gasteiger partial charge is 0.466 e. The average molecular weight is 617 g/mol. The predicted molar refractivity (Wildman–Crippen MR) is 172 cm³/mol. The monoisotopic (exact) mass is 616 g/mol. The lowest BCUT2D eigenvalue weighted by atomic mass is 10.1. The molecular formula is C34H52N2O8. The molecule has 4 N–H and O–H groups in total. The molecule has 0 fully saturated rings. The van der Waals surface area contributed by atoms with Crippen LogP contribution >= 0.6 is 0 Å². The second-order valence-corrected chi connectivity index (χ2v) is 9.79. The molecule has 246 valence electrons. The van der Waals surface area contributed by atoms with Crippen molar-refractivity contribution in [1.29, 1.82) is 0 Å². The number of ether oxygens (including phenoxy) is 2. The number of allylic oxidation sites excluding steroid dienone is 10. The molecule has 0 spiro atoms. The molecule has 0 aliphatic heterocycles. The van der Waals surface area contributed by atoms with E-state index in [0.717, 1.165) is 50.7 Å². The number of amides is 2. The minimum absolute atomic E-state index is 0.226. The van der Waals surface area contributed by atoms with E-state index in [0.29, 0.717) is 25.8 Å². The lowest BCUT2D eigenvalue weighted by Crippen LogP contribution is -2.44. The van der Waals surface area contributed by atoms with Crippen LogP contribution in [0.25, 0.3) is 0 Å². The fourth-order valence-electron chi connectivity index (χ4n) is 3.60. The summed E-state index contributed by atoms with van der Waals surface area (Å²) in [6, 6.07) is -0.952. The van der Waals surface area contributed by atoms with Crippen molar-refractivity contribution in [2.45, 2.75) is 89.7 Å². The summed E-state index contributed by atoms with van der Waals surface area (Å²) in [6.45, 7) is 1.34. The van der Waals surface area contributed by atoms with E-state index in [9.17, 15) is 29.4 Å². The Morgan fingerprint density at radius 3 is 1.86 bits per heavy atom. The van der Waals surface area contributed by atoms with Crippen LogP contribution in [0.5, 0.6) is 0 Å². The molecule has 0 aromatic rings. The second kappa shape index (κ2) is 29.3. The predicted octanol–water partition coefficient (Wildman–Crippen LogP) is 4.31. The molecule has 1 atom stereocenters. The van der Waals surface area contributed by atoms with Crippen molar-refractivity contribution in [2.75, 3.05) is 26.9 Å². The van der Waals surface area contributed by atoms with Crippen LogP contribution < -0.4 is 10.6 Å². The Morgan fingerprint density at radius 1 is 0.750 bits per heavy atom. The molecule has 0 heterocycles. The Hall–Kier alpha value is -3.76. The zero-order valence-electron chi connectivity index (χ0n) is 26.3. The van der Waals surface area contributed by atoms with Gasteiger partial charge in [-0.15, -0.1) is 0 Å². The molecule has 1 unspecified atom stereocenters. The first-order valence-electron chi connectivity index (χ1n) is 15.4. The van der Waals surface area contributed by atoms with Crippen LogP contribution in [-0.2, 0) is 28.7 Å². The lowest BCUT2D eigenvalue weighted by Gasteiger charge is -2.20. The van der Waals surface area contributed by atoms with E-state index in [-0.39, 0.29) is 18.7 Å².